The van der Waals surface area contributed by atoms with Crippen molar-refractivity contribution >= 4 is 11.2 Å². The minimum absolute atomic E-state index is 0.340. The van der Waals surface area contributed by atoms with E-state index in [9.17, 15) is 0 Å². The van der Waals surface area contributed by atoms with E-state index < -0.39 is 0 Å². The number of ether oxygens (including phenoxy) is 1. The van der Waals surface area contributed by atoms with Crippen LogP contribution in [0.4, 0.5) is 0 Å². The van der Waals surface area contributed by atoms with Crippen molar-refractivity contribution < 1.29 is 9.15 Å². The third-order valence-electron chi connectivity index (χ3n) is 1.92. The van der Waals surface area contributed by atoms with Crippen LogP contribution in [0.2, 0.25) is 0 Å². The highest BCUT2D eigenvalue weighted by Crippen LogP contribution is 2.14. The standard InChI is InChI=1S/C10H13N3O2/c1-7-2-3-8-10(12-7)13-9(15-8)6-14-5-4-11/h2-3H,4-6,11H2,1H3. The molecule has 0 unspecified atom stereocenters. The van der Waals surface area contributed by atoms with Crippen molar-refractivity contribution in [2.45, 2.75) is 13.5 Å². The Morgan fingerprint density at radius 1 is 1.40 bits per heavy atom. The zero-order chi connectivity index (χ0) is 10.7. The molecule has 0 radical (unpaired) electrons. The summed E-state index contributed by atoms with van der Waals surface area (Å²) < 4.78 is 10.6. The van der Waals surface area contributed by atoms with Gasteiger partial charge in [-0.1, -0.05) is 0 Å². The van der Waals surface area contributed by atoms with Crippen LogP contribution in [0.25, 0.3) is 11.2 Å². The fraction of sp³-hybridized carbons (Fsp3) is 0.400. The minimum atomic E-state index is 0.340. The average Bonchev–Trinajstić information content (AvgIpc) is 2.60. The Morgan fingerprint density at radius 2 is 2.27 bits per heavy atom. The Morgan fingerprint density at radius 3 is 3.07 bits per heavy atom. The fourth-order valence-corrected chi connectivity index (χ4v) is 1.26. The first-order valence-corrected chi connectivity index (χ1v) is 4.80. The van der Waals surface area contributed by atoms with E-state index in [2.05, 4.69) is 9.97 Å². The van der Waals surface area contributed by atoms with Crippen LogP contribution < -0.4 is 5.73 Å². The summed E-state index contributed by atoms with van der Waals surface area (Å²) in [4.78, 5) is 8.44. The van der Waals surface area contributed by atoms with Crippen LogP contribution in [0.5, 0.6) is 0 Å². The second-order valence-corrected chi connectivity index (χ2v) is 3.22. The number of rotatable bonds is 4. The third kappa shape index (κ3) is 2.31. The first kappa shape index (κ1) is 10.1. The van der Waals surface area contributed by atoms with Crippen LogP contribution in [0, 0.1) is 6.92 Å². The molecule has 0 atom stereocenters. The normalized spacial score (nSPS) is 11.1. The smallest absolute Gasteiger partial charge is 0.223 e. The molecule has 0 aromatic carbocycles. The van der Waals surface area contributed by atoms with Crippen LogP contribution in [0.1, 0.15) is 11.6 Å². The Bertz CT molecular complexity index is 453. The van der Waals surface area contributed by atoms with Crippen molar-refractivity contribution in [3.05, 3.63) is 23.7 Å². The Hall–Kier alpha value is -1.46. The van der Waals surface area contributed by atoms with Crippen molar-refractivity contribution in [1.82, 2.24) is 9.97 Å². The molecule has 2 rings (SSSR count). The molecular weight excluding hydrogens is 194 g/mol. The quantitative estimate of drug-likeness (QED) is 0.757. The summed E-state index contributed by atoms with van der Waals surface area (Å²) in [6, 6.07) is 3.75. The molecule has 0 aliphatic rings. The van der Waals surface area contributed by atoms with Gasteiger partial charge in [0.2, 0.25) is 5.89 Å². The number of fused-ring (bicyclic) bond motifs is 1. The van der Waals surface area contributed by atoms with Crippen molar-refractivity contribution in [3.8, 4) is 0 Å². The van der Waals surface area contributed by atoms with Gasteiger partial charge < -0.3 is 14.9 Å². The lowest BCUT2D eigenvalue weighted by atomic mass is 10.4. The molecule has 2 aromatic rings. The number of oxazole rings is 1. The van der Waals surface area contributed by atoms with E-state index in [0.29, 0.717) is 36.9 Å². The first-order chi connectivity index (χ1) is 7.29. The number of pyridine rings is 1. The lowest BCUT2D eigenvalue weighted by molar-refractivity contribution is 0.110. The molecule has 0 bridgehead atoms. The monoisotopic (exact) mass is 207 g/mol. The molecule has 2 N–H and O–H groups in total. The largest absolute Gasteiger partial charge is 0.436 e. The Balaban J connectivity index is 2.16. The molecule has 0 saturated carbocycles. The average molecular weight is 207 g/mol. The SMILES string of the molecule is Cc1ccc2oc(COCCN)nc2n1. The maximum atomic E-state index is 5.43. The maximum Gasteiger partial charge on any atom is 0.223 e. The van der Waals surface area contributed by atoms with E-state index in [-0.39, 0.29) is 0 Å². The lowest BCUT2D eigenvalue weighted by Crippen LogP contribution is -2.08. The number of nitrogens with two attached hydrogens (primary N) is 1. The van der Waals surface area contributed by atoms with E-state index in [0.717, 1.165) is 5.69 Å². The van der Waals surface area contributed by atoms with Crippen molar-refractivity contribution in [2.75, 3.05) is 13.2 Å². The molecule has 2 aromatic heterocycles. The van der Waals surface area contributed by atoms with Gasteiger partial charge in [-0.25, -0.2) is 4.98 Å². The molecule has 0 spiro atoms. The summed E-state index contributed by atoms with van der Waals surface area (Å²) in [7, 11) is 0. The molecule has 5 heteroatoms. The molecule has 0 amide bonds. The van der Waals surface area contributed by atoms with Crippen molar-refractivity contribution in [2.24, 2.45) is 5.73 Å². The molecule has 15 heavy (non-hydrogen) atoms. The van der Waals surface area contributed by atoms with E-state index in [1.165, 1.54) is 0 Å². The van der Waals surface area contributed by atoms with E-state index in [4.69, 9.17) is 14.9 Å². The minimum Gasteiger partial charge on any atom is -0.436 e. The molecule has 0 fully saturated rings. The fourth-order valence-electron chi connectivity index (χ4n) is 1.26. The molecule has 5 nitrogen and oxygen atoms in total. The molecular formula is C10H13N3O2. The van der Waals surface area contributed by atoms with Crippen LogP contribution in [0.15, 0.2) is 16.5 Å². The lowest BCUT2D eigenvalue weighted by Gasteiger charge is -1.95. The summed E-state index contributed by atoms with van der Waals surface area (Å²) in [5, 5.41) is 0. The van der Waals surface area contributed by atoms with Gasteiger partial charge in [-0.2, -0.15) is 4.98 Å². The molecule has 2 heterocycles. The maximum absolute atomic E-state index is 5.43. The highest BCUT2D eigenvalue weighted by molar-refractivity contribution is 5.67. The van der Waals surface area contributed by atoms with Crippen LogP contribution >= 0.6 is 0 Å². The summed E-state index contributed by atoms with van der Waals surface area (Å²) in [6.45, 7) is 3.26. The third-order valence-corrected chi connectivity index (χ3v) is 1.92. The van der Waals surface area contributed by atoms with Gasteiger partial charge in [0.15, 0.2) is 11.2 Å². The van der Waals surface area contributed by atoms with Gasteiger partial charge in [0, 0.05) is 12.2 Å². The summed E-state index contributed by atoms with van der Waals surface area (Å²) >= 11 is 0. The van der Waals surface area contributed by atoms with Gasteiger partial charge in [0.1, 0.15) is 6.61 Å². The first-order valence-electron chi connectivity index (χ1n) is 4.80. The number of aryl methyl sites for hydroxylation is 1. The summed E-state index contributed by atoms with van der Waals surface area (Å²) in [6.07, 6.45) is 0. The van der Waals surface area contributed by atoms with Crippen LogP contribution in [0.3, 0.4) is 0 Å². The Kier molecular flexibility index (Phi) is 2.94. The number of nitrogens with zero attached hydrogens (tertiary/aromatic N) is 2. The predicted octanol–water partition coefficient (Wildman–Crippen LogP) is 1.01. The zero-order valence-corrected chi connectivity index (χ0v) is 8.56. The van der Waals surface area contributed by atoms with E-state index in [1.54, 1.807) is 0 Å². The highest BCUT2D eigenvalue weighted by Gasteiger charge is 2.06. The number of aromatic nitrogens is 2. The van der Waals surface area contributed by atoms with Gasteiger partial charge >= 0.3 is 0 Å². The summed E-state index contributed by atoms with van der Waals surface area (Å²) in [5.41, 5.74) is 7.53. The second-order valence-electron chi connectivity index (χ2n) is 3.22. The van der Waals surface area contributed by atoms with Gasteiger partial charge in [0.25, 0.3) is 0 Å². The molecule has 0 aliphatic heterocycles. The zero-order valence-electron chi connectivity index (χ0n) is 8.56. The number of hydrogen-bond acceptors (Lipinski definition) is 5. The molecule has 80 valence electrons. The predicted molar refractivity (Wildman–Crippen MR) is 55.3 cm³/mol. The van der Waals surface area contributed by atoms with Crippen molar-refractivity contribution in [1.29, 1.82) is 0 Å². The van der Waals surface area contributed by atoms with Crippen LogP contribution in [-0.4, -0.2) is 23.1 Å². The molecule has 0 saturated heterocycles. The Labute approximate surface area is 87.3 Å². The second kappa shape index (κ2) is 4.37. The van der Waals surface area contributed by atoms with E-state index in [1.807, 2.05) is 19.1 Å². The van der Waals surface area contributed by atoms with Crippen LogP contribution in [-0.2, 0) is 11.3 Å². The number of hydrogen-bond donors (Lipinski definition) is 1. The topological polar surface area (TPSA) is 74.2 Å². The van der Waals surface area contributed by atoms with Gasteiger partial charge in [0.05, 0.1) is 6.61 Å². The van der Waals surface area contributed by atoms with Gasteiger partial charge in [-0.05, 0) is 19.1 Å². The van der Waals surface area contributed by atoms with Gasteiger partial charge in [-0.3, -0.25) is 0 Å². The highest BCUT2D eigenvalue weighted by atomic mass is 16.5. The summed E-state index contributed by atoms with van der Waals surface area (Å²) in [5.74, 6) is 0.538. The van der Waals surface area contributed by atoms with E-state index >= 15 is 0 Å². The van der Waals surface area contributed by atoms with Gasteiger partial charge in [-0.15, -0.1) is 0 Å². The molecule has 0 aliphatic carbocycles. The van der Waals surface area contributed by atoms with Crippen molar-refractivity contribution in [3.63, 3.8) is 0 Å².